The second kappa shape index (κ2) is 5.25. The molecule has 2 N–H and O–H groups in total. The third kappa shape index (κ3) is 2.08. The molecular weight excluding hydrogens is 268 g/mol. The highest BCUT2D eigenvalue weighted by atomic mass is 32.2. The lowest BCUT2D eigenvalue weighted by atomic mass is 10.0. The second-order valence-electron chi connectivity index (χ2n) is 4.80. The zero-order chi connectivity index (χ0) is 14.1. The number of phenols is 2. The van der Waals surface area contributed by atoms with Crippen molar-refractivity contribution in [2.24, 2.45) is 0 Å². The molecule has 102 valence electrons. The summed E-state index contributed by atoms with van der Waals surface area (Å²) < 4.78 is 0. The molecule has 0 saturated carbocycles. The minimum atomic E-state index is 0.237. The molecule has 3 aromatic rings. The molecule has 0 spiro atoms. The molecule has 0 aliphatic carbocycles. The topological polar surface area (TPSA) is 40.5 Å². The molecule has 0 atom stereocenters. The van der Waals surface area contributed by atoms with Gasteiger partial charge in [-0.25, -0.2) is 0 Å². The van der Waals surface area contributed by atoms with E-state index in [2.05, 4.69) is 6.92 Å². The van der Waals surface area contributed by atoms with E-state index in [9.17, 15) is 10.2 Å². The highest BCUT2D eigenvalue weighted by Crippen LogP contribution is 2.42. The molecular formula is C17H16O2S. The Morgan fingerprint density at radius 2 is 1.45 bits per heavy atom. The van der Waals surface area contributed by atoms with E-state index in [4.69, 9.17) is 0 Å². The van der Waals surface area contributed by atoms with Crippen LogP contribution in [0.25, 0.3) is 21.5 Å². The molecule has 0 aliphatic rings. The number of rotatable bonds is 3. The van der Waals surface area contributed by atoms with Crippen molar-refractivity contribution in [3.05, 3.63) is 42.5 Å². The summed E-state index contributed by atoms with van der Waals surface area (Å²) in [5.41, 5.74) is 0. The summed E-state index contributed by atoms with van der Waals surface area (Å²) in [6.07, 6.45) is 1.11. The Bertz CT molecular complexity index is 781. The van der Waals surface area contributed by atoms with E-state index >= 15 is 0 Å². The molecule has 0 aliphatic heterocycles. The SMILES string of the molecule is CCCSc1ccc2c(O)c3ccccc3c(O)c2c1. The molecule has 0 heterocycles. The van der Waals surface area contributed by atoms with Crippen LogP contribution in [0.1, 0.15) is 13.3 Å². The molecule has 0 unspecified atom stereocenters. The van der Waals surface area contributed by atoms with Gasteiger partial charge in [0, 0.05) is 26.4 Å². The molecule has 3 aromatic carbocycles. The molecule has 20 heavy (non-hydrogen) atoms. The molecule has 0 amide bonds. The molecule has 0 bridgehead atoms. The summed E-state index contributed by atoms with van der Waals surface area (Å²) in [4.78, 5) is 1.12. The Hall–Kier alpha value is -1.87. The lowest BCUT2D eigenvalue weighted by Gasteiger charge is -2.10. The summed E-state index contributed by atoms with van der Waals surface area (Å²) in [6, 6.07) is 13.2. The van der Waals surface area contributed by atoms with Crippen molar-refractivity contribution in [3.8, 4) is 11.5 Å². The highest BCUT2D eigenvalue weighted by molar-refractivity contribution is 7.99. The van der Waals surface area contributed by atoms with Gasteiger partial charge in [-0.3, -0.25) is 0 Å². The van der Waals surface area contributed by atoms with E-state index in [1.54, 1.807) is 11.8 Å². The van der Waals surface area contributed by atoms with Gasteiger partial charge in [0.2, 0.25) is 0 Å². The van der Waals surface area contributed by atoms with Crippen molar-refractivity contribution in [2.75, 3.05) is 5.75 Å². The van der Waals surface area contributed by atoms with Crippen LogP contribution >= 0.6 is 11.8 Å². The van der Waals surface area contributed by atoms with Crippen LogP contribution in [-0.4, -0.2) is 16.0 Å². The first kappa shape index (κ1) is 13.1. The van der Waals surface area contributed by atoms with Gasteiger partial charge >= 0.3 is 0 Å². The highest BCUT2D eigenvalue weighted by Gasteiger charge is 2.12. The fourth-order valence-corrected chi connectivity index (χ4v) is 3.23. The van der Waals surface area contributed by atoms with Crippen LogP contribution in [0, 0.1) is 0 Å². The van der Waals surface area contributed by atoms with Gasteiger partial charge in [0.15, 0.2) is 0 Å². The standard InChI is InChI=1S/C17H16O2S/c1-2-9-20-11-7-8-14-15(10-11)17(19)13-6-4-3-5-12(13)16(14)18/h3-8,10,18-19H,2,9H2,1H3. The largest absolute Gasteiger partial charge is 0.507 e. The zero-order valence-corrected chi connectivity index (χ0v) is 12.1. The summed E-state index contributed by atoms with van der Waals surface area (Å²) in [7, 11) is 0. The maximum atomic E-state index is 10.5. The van der Waals surface area contributed by atoms with Gasteiger partial charge in [0.1, 0.15) is 11.5 Å². The number of hydrogen-bond acceptors (Lipinski definition) is 3. The Labute approximate surface area is 122 Å². The van der Waals surface area contributed by atoms with E-state index in [-0.39, 0.29) is 11.5 Å². The minimum absolute atomic E-state index is 0.237. The Morgan fingerprint density at radius 3 is 2.10 bits per heavy atom. The molecule has 0 radical (unpaired) electrons. The summed E-state index contributed by atoms with van der Waals surface area (Å²) >= 11 is 1.76. The third-order valence-electron chi connectivity index (χ3n) is 3.41. The fraction of sp³-hybridized carbons (Fsp3) is 0.176. The molecule has 3 rings (SSSR count). The first-order valence-electron chi connectivity index (χ1n) is 6.71. The van der Waals surface area contributed by atoms with Gasteiger partial charge < -0.3 is 10.2 Å². The van der Waals surface area contributed by atoms with Gasteiger partial charge in [-0.1, -0.05) is 31.2 Å². The summed E-state index contributed by atoms with van der Waals surface area (Å²) in [6.45, 7) is 2.14. The average Bonchev–Trinajstić information content (AvgIpc) is 2.50. The maximum absolute atomic E-state index is 10.5. The van der Waals surface area contributed by atoms with E-state index in [1.807, 2.05) is 42.5 Å². The van der Waals surface area contributed by atoms with E-state index in [0.717, 1.165) is 17.1 Å². The van der Waals surface area contributed by atoms with Crippen molar-refractivity contribution in [1.29, 1.82) is 0 Å². The zero-order valence-electron chi connectivity index (χ0n) is 11.3. The summed E-state index contributed by atoms with van der Waals surface area (Å²) in [5, 5.41) is 23.6. The van der Waals surface area contributed by atoms with Crippen molar-refractivity contribution in [1.82, 2.24) is 0 Å². The second-order valence-corrected chi connectivity index (χ2v) is 5.97. The lowest BCUT2D eigenvalue weighted by molar-refractivity contribution is 0.478. The molecule has 0 aromatic heterocycles. The fourth-order valence-electron chi connectivity index (χ4n) is 2.42. The van der Waals surface area contributed by atoms with Crippen LogP contribution in [0.4, 0.5) is 0 Å². The molecule has 3 heteroatoms. The number of aromatic hydroxyl groups is 2. The monoisotopic (exact) mass is 284 g/mol. The van der Waals surface area contributed by atoms with Crippen molar-refractivity contribution >= 4 is 33.3 Å². The smallest absolute Gasteiger partial charge is 0.131 e. The van der Waals surface area contributed by atoms with E-state index < -0.39 is 0 Å². The number of benzene rings is 3. The van der Waals surface area contributed by atoms with Crippen LogP contribution in [0.5, 0.6) is 11.5 Å². The van der Waals surface area contributed by atoms with Crippen molar-refractivity contribution < 1.29 is 10.2 Å². The van der Waals surface area contributed by atoms with Gasteiger partial charge in [0.05, 0.1) is 0 Å². The van der Waals surface area contributed by atoms with Crippen LogP contribution < -0.4 is 0 Å². The van der Waals surface area contributed by atoms with Gasteiger partial charge in [-0.05, 0) is 30.4 Å². The normalized spacial score (nSPS) is 11.2. The van der Waals surface area contributed by atoms with Crippen LogP contribution in [0.2, 0.25) is 0 Å². The molecule has 0 fully saturated rings. The number of thioether (sulfide) groups is 1. The Kier molecular flexibility index (Phi) is 3.45. The van der Waals surface area contributed by atoms with E-state index in [1.165, 1.54) is 0 Å². The van der Waals surface area contributed by atoms with E-state index in [0.29, 0.717) is 21.5 Å². The average molecular weight is 284 g/mol. The third-order valence-corrected chi connectivity index (χ3v) is 4.61. The lowest BCUT2D eigenvalue weighted by Crippen LogP contribution is -1.83. The van der Waals surface area contributed by atoms with Gasteiger partial charge in [-0.15, -0.1) is 11.8 Å². The number of hydrogen-bond donors (Lipinski definition) is 2. The molecule has 0 saturated heterocycles. The predicted octanol–water partition coefficient (Wildman–Crippen LogP) is 4.91. The number of phenolic OH excluding ortho intramolecular Hbond substituents is 2. The first-order valence-corrected chi connectivity index (χ1v) is 7.70. The molecule has 2 nitrogen and oxygen atoms in total. The van der Waals surface area contributed by atoms with Gasteiger partial charge in [0.25, 0.3) is 0 Å². The first-order chi connectivity index (χ1) is 9.72. The van der Waals surface area contributed by atoms with Crippen molar-refractivity contribution in [2.45, 2.75) is 18.2 Å². The Morgan fingerprint density at radius 1 is 0.850 bits per heavy atom. The van der Waals surface area contributed by atoms with Crippen LogP contribution in [-0.2, 0) is 0 Å². The summed E-state index contributed by atoms with van der Waals surface area (Å²) in [5.74, 6) is 1.53. The Balaban J connectivity index is 2.29. The van der Waals surface area contributed by atoms with Crippen LogP contribution in [0.15, 0.2) is 47.4 Å². The minimum Gasteiger partial charge on any atom is -0.507 e. The quantitative estimate of drug-likeness (QED) is 0.408. The number of fused-ring (bicyclic) bond motifs is 2. The predicted molar refractivity (Wildman–Crippen MR) is 85.8 cm³/mol. The van der Waals surface area contributed by atoms with Crippen molar-refractivity contribution in [3.63, 3.8) is 0 Å². The maximum Gasteiger partial charge on any atom is 0.131 e. The van der Waals surface area contributed by atoms with Crippen LogP contribution in [0.3, 0.4) is 0 Å². The van der Waals surface area contributed by atoms with Gasteiger partial charge in [-0.2, -0.15) is 0 Å².